The zero-order valence-electron chi connectivity index (χ0n) is 11.1. The van der Waals surface area contributed by atoms with Gasteiger partial charge < -0.3 is 5.32 Å². The van der Waals surface area contributed by atoms with Gasteiger partial charge in [0.15, 0.2) is 0 Å². The van der Waals surface area contributed by atoms with Crippen LogP contribution in [0.1, 0.15) is 37.3 Å². The van der Waals surface area contributed by atoms with Crippen molar-refractivity contribution in [1.29, 1.82) is 0 Å². The Morgan fingerprint density at radius 3 is 2.76 bits per heavy atom. The average Bonchev–Trinajstić information content (AvgIpc) is 2.29. The van der Waals surface area contributed by atoms with Crippen molar-refractivity contribution in [1.82, 2.24) is 5.32 Å². The van der Waals surface area contributed by atoms with E-state index < -0.39 is 0 Å². The van der Waals surface area contributed by atoms with Crippen LogP contribution >= 0.6 is 11.8 Å². The monoisotopic (exact) mass is 249 g/mol. The summed E-state index contributed by atoms with van der Waals surface area (Å²) in [6.07, 6.45) is 2.56. The van der Waals surface area contributed by atoms with Crippen LogP contribution in [-0.2, 0) is 6.42 Å². The van der Waals surface area contributed by atoms with Crippen molar-refractivity contribution in [2.75, 3.05) is 12.8 Å². The topological polar surface area (TPSA) is 12.0 Å². The Kier molecular flexibility index (Phi) is 4.52. The highest BCUT2D eigenvalue weighted by Gasteiger charge is 2.27. The Balaban J connectivity index is 1.85. The van der Waals surface area contributed by atoms with Gasteiger partial charge in [-0.2, -0.15) is 11.8 Å². The van der Waals surface area contributed by atoms with Crippen molar-refractivity contribution in [3.8, 4) is 0 Å². The normalized spacial score (nSPS) is 19.9. The van der Waals surface area contributed by atoms with Crippen molar-refractivity contribution in [2.24, 2.45) is 0 Å². The minimum atomic E-state index is 0.653. The van der Waals surface area contributed by atoms with Gasteiger partial charge in [0.2, 0.25) is 0 Å². The first-order valence-corrected chi connectivity index (χ1v) is 7.62. The number of thioether (sulfide) groups is 1. The molecule has 2 heteroatoms. The summed E-state index contributed by atoms with van der Waals surface area (Å²) >= 11 is 2.06. The van der Waals surface area contributed by atoms with Crippen LogP contribution in [0.4, 0.5) is 0 Å². The number of hydrogen-bond acceptors (Lipinski definition) is 2. The van der Waals surface area contributed by atoms with E-state index in [9.17, 15) is 0 Å². The van der Waals surface area contributed by atoms with E-state index in [1.807, 2.05) is 0 Å². The molecule has 1 nitrogen and oxygen atoms in total. The zero-order chi connectivity index (χ0) is 12.3. The van der Waals surface area contributed by atoms with Crippen LogP contribution in [0.3, 0.4) is 0 Å². The molecule has 17 heavy (non-hydrogen) atoms. The van der Waals surface area contributed by atoms with Gasteiger partial charge in [-0.15, -0.1) is 0 Å². The molecule has 0 aromatic heterocycles. The minimum Gasteiger partial charge on any atom is -0.316 e. The first-order chi connectivity index (χ1) is 8.20. The molecule has 2 unspecified atom stereocenters. The maximum atomic E-state index is 3.47. The largest absolute Gasteiger partial charge is 0.316 e. The lowest BCUT2D eigenvalue weighted by atomic mass is 9.74. The molecule has 0 heterocycles. The van der Waals surface area contributed by atoms with Crippen LogP contribution < -0.4 is 5.32 Å². The average molecular weight is 249 g/mol. The molecule has 1 aliphatic rings. The highest BCUT2D eigenvalue weighted by atomic mass is 32.2. The smallest absolute Gasteiger partial charge is 0.0161 e. The Labute approximate surface area is 109 Å². The number of rotatable bonds is 6. The highest BCUT2D eigenvalue weighted by Crippen LogP contribution is 2.38. The summed E-state index contributed by atoms with van der Waals surface area (Å²) in [6.45, 7) is 4.55. The molecule has 1 N–H and O–H groups in total. The van der Waals surface area contributed by atoms with Crippen LogP contribution in [0.15, 0.2) is 24.3 Å². The van der Waals surface area contributed by atoms with Gasteiger partial charge in [0.05, 0.1) is 0 Å². The van der Waals surface area contributed by atoms with Gasteiger partial charge in [0.1, 0.15) is 0 Å². The van der Waals surface area contributed by atoms with E-state index in [4.69, 9.17) is 0 Å². The lowest BCUT2D eigenvalue weighted by Gasteiger charge is -2.33. The maximum Gasteiger partial charge on any atom is 0.0161 e. The molecule has 0 aliphatic heterocycles. The quantitative estimate of drug-likeness (QED) is 0.829. The Hall–Kier alpha value is -0.470. The van der Waals surface area contributed by atoms with E-state index in [2.05, 4.69) is 62.2 Å². The van der Waals surface area contributed by atoms with Crippen molar-refractivity contribution in [3.63, 3.8) is 0 Å². The van der Waals surface area contributed by atoms with Crippen molar-refractivity contribution in [2.45, 2.75) is 43.9 Å². The fraction of sp³-hybridized carbons (Fsp3) is 0.600. The number of hydrogen-bond donors (Lipinski definition) is 1. The summed E-state index contributed by atoms with van der Waals surface area (Å²) in [6, 6.07) is 9.54. The lowest BCUT2D eigenvalue weighted by molar-refractivity contribution is 0.468. The predicted octanol–water partition coefficient (Wildman–Crippen LogP) is 3.45. The lowest BCUT2D eigenvalue weighted by Crippen LogP contribution is -2.33. The molecule has 0 amide bonds. The van der Waals surface area contributed by atoms with E-state index in [1.165, 1.54) is 18.6 Å². The third-order valence-electron chi connectivity index (χ3n) is 3.57. The fourth-order valence-electron chi connectivity index (χ4n) is 2.49. The second-order valence-corrected chi connectivity index (χ2v) is 6.81. The molecule has 0 saturated heterocycles. The summed E-state index contributed by atoms with van der Waals surface area (Å²) in [4.78, 5) is 0. The predicted molar refractivity (Wildman–Crippen MR) is 77.9 cm³/mol. The second kappa shape index (κ2) is 5.92. The molecule has 94 valence electrons. The van der Waals surface area contributed by atoms with Gasteiger partial charge in [0.25, 0.3) is 0 Å². The van der Waals surface area contributed by atoms with E-state index in [-0.39, 0.29) is 0 Å². The Morgan fingerprint density at radius 2 is 2.12 bits per heavy atom. The third kappa shape index (κ3) is 3.26. The van der Waals surface area contributed by atoms with E-state index in [0.29, 0.717) is 6.04 Å². The minimum absolute atomic E-state index is 0.653. The van der Waals surface area contributed by atoms with Gasteiger partial charge in [-0.25, -0.2) is 0 Å². The molecule has 0 fully saturated rings. The SMILES string of the molecule is CNC(CSC(C)C)CC1Cc2ccccc21. The van der Waals surface area contributed by atoms with Crippen molar-refractivity contribution >= 4 is 11.8 Å². The summed E-state index contributed by atoms with van der Waals surface area (Å²) < 4.78 is 0. The Morgan fingerprint density at radius 1 is 1.35 bits per heavy atom. The Bertz CT molecular complexity index is 362. The molecule has 1 aromatic carbocycles. The maximum absolute atomic E-state index is 3.47. The van der Waals surface area contributed by atoms with Gasteiger partial charge in [-0.05, 0) is 42.2 Å². The second-order valence-electron chi connectivity index (χ2n) is 5.20. The van der Waals surface area contributed by atoms with Gasteiger partial charge in [-0.3, -0.25) is 0 Å². The third-order valence-corrected chi connectivity index (χ3v) is 4.83. The van der Waals surface area contributed by atoms with E-state index in [1.54, 1.807) is 11.1 Å². The molecule has 2 rings (SSSR count). The number of fused-ring (bicyclic) bond motifs is 1. The summed E-state index contributed by atoms with van der Waals surface area (Å²) in [5, 5.41) is 4.20. The zero-order valence-corrected chi connectivity index (χ0v) is 11.9. The molecule has 1 aromatic rings. The standard InChI is InChI=1S/C15H23NS/c1-11(2)17-10-14(16-3)9-13-8-12-6-4-5-7-15(12)13/h4-7,11,13-14,16H,8-10H2,1-3H3. The van der Waals surface area contributed by atoms with Gasteiger partial charge >= 0.3 is 0 Å². The molecule has 0 bridgehead atoms. The van der Waals surface area contributed by atoms with Crippen LogP contribution in [0.5, 0.6) is 0 Å². The van der Waals surface area contributed by atoms with Crippen molar-refractivity contribution in [3.05, 3.63) is 35.4 Å². The van der Waals surface area contributed by atoms with Crippen LogP contribution in [0.25, 0.3) is 0 Å². The molecular formula is C15H23NS. The first kappa shape index (κ1) is 13.0. The van der Waals surface area contributed by atoms with Crippen LogP contribution in [0.2, 0.25) is 0 Å². The van der Waals surface area contributed by atoms with Gasteiger partial charge in [-0.1, -0.05) is 38.1 Å². The summed E-state index contributed by atoms with van der Waals surface area (Å²) in [5.74, 6) is 2.02. The number of nitrogens with one attached hydrogen (secondary N) is 1. The molecule has 2 atom stereocenters. The summed E-state index contributed by atoms with van der Waals surface area (Å²) in [5.41, 5.74) is 3.14. The van der Waals surface area contributed by atoms with Gasteiger partial charge in [0, 0.05) is 11.8 Å². The van der Waals surface area contributed by atoms with Crippen molar-refractivity contribution < 1.29 is 0 Å². The van der Waals surface area contributed by atoms with E-state index in [0.717, 1.165) is 11.2 Å². The highest BCUT2D eigenvalue weighted by molar-refractivity contribution is 7.99. The van der Waals surface area contributed by atoms with E-state index >= 15 is 0 Å². The molecule has 0 radical (unpaired) electrons. The number of benzene rings is 1. The summed E-state index contributed by atoms with van der Waals surface area (Å²) in [7, 11) is 2.09. The molecule has 0 saturated carbocycles. The fourth-order valence-corrected chi connectivity index (χ4v) is 3.41. The van der Waals surface area contributed by atoms with Crippen LogP contribution in [-0.4, -0.2) is 24.1 Å². The molecule has 1 aliphatic carbocycles. The van der Waals surface area contributed by atoms with Crippen LogP contribution in [0, 0.1) is 0 Å². The molecular weight excluding hydrogens is 226 g/mol. The first-order valence-electron chi connectivity index (χ1n) is 6.57. The molecule has 0 spiro atoms.